The second-order valence-electron chi connectivity index (χ2n) is 6.03. The summed E-state index contributed by atoms with van der Waals surface area (Å²) in [5.41, 5.74) is 5.92. The van der Waals surface area contributed by atoms with Gasteiger partial charge in [0, 0.05) is 22.6 Å². The highest BCUT2D eigenvalue weighted by Gasteiger charge is 2.09. The lowest BCUT2D eigenvalue weighted by Crippen LogP contribution is -2.21. The first-order chi connectivity index (χ1) is 13.1. The summed E-state index contributed by atoms with van der Waals surface area (Å²) in [4.78, 5) is 12.2. The van der Waals surface area contributed by atoms with Crippen LogP contribution in [0.4, 0.5) is 0 Å². The molecule has 0 heterocycles. The van der Waals surface area contributed by atoms with Crippen LogP contribution in [-0.2, 0) is 11.2 Å². The standard InChI is InChI=1S/C22H19ClN2O2/c23-19-11-7-17(8-12-19)22(18-9-13-20(26)14-10-18)25-24-21(27)15-6-16-4-2-1-3-5-16/h1-5,7-14,26H,6,15H2,(H,24,27)/b25-22-. The number of carbonyl (C=O) groups is 1. The molecule has 2 N–H and O–H groups in total. The van der Waals surface area contributed by atoms with E-state index in [1.165, 1.54) is 0 Å². The van der Waals surface area contributed by atoms with Gasteiger partial charge >= 0.3 is 0 Å². The summed E-state index contributed by atoms with van der Waals surface area (Å²) in [6.45, 7) is 0. The molecule has 5 heteroatoms. The summed E-state index contributed by atoms with van der Waals surface area (Å²) in [5.74, 6) is 0.00481. The first-order valence-corrected chi connectivity index (χ1v) is 8.95. The number of hydrazone groups is 1. The minimum absolute atomic E-state index is 0.163. The fourth-order valence-corrected chi connectivity index (χ4v) is 2.73. The molecule has 0 saturated carbocycles. The summed E-state index contributed by atoms with van der Waals surface area (Å²) in [5, 5.41) is 14.5. The average molecular weight is 379 g/mol. The number of carbonyl (C=O) groups excluding carboxylic acids is 1. The maximum Gasteiger partial charge on any atom is 0.240 e. The molecule has 0 atom stereocenters. The van der Waals surface area contributed by atoms with Gasteiger partial charge in [-0.15, -0.1) is 0 Å². The van der Waals surface area contributed by atoms with E-state index in [9.17, 15) is 9.90 Å². The Balaban J connectivity index is 1.76. The highest BCUT2D eigenvalue weighted by Crippen LogP contribution is 2.17. The Labute approximate surface area is 163 Å². The zero-order chi connectivity index (χ0) is 19.1. The Hall–Kier alpha value is -3.11. The highest BCUT2D eigenvalue weighted by molar-refractivity contribution is 6.30. The van der Waals surface area contributed by atoms with Crippen molar-refractivity contribution in [3.63, 3.8) is 0 Å². The third-order valence-electron chi connectivity index (χ3n) is 4.03. The molecule has 3 rings (SSSR count). The van der Waals surface area contributed by atoms with Crippen molar-refractivity contribution in [3.05, 3.63) is 101 Å². The van der Waals surface area contributed by atoms with Gasteiger partial charge in [-0.1, -0.05) is 54.1 Å². The lowest BCUT2D eigenvalue weighted by Gasteiger charge is -2.09. The van der Waals surface area contributed by atoms with Crippen molar-refractivity contribution in [2.75, 3.05) is 0 Å². The van der Waals surface area contributed by atoms with Gasteiger partial charge in [-0.2, -0.15) is 5.10 Å². The second kappa shape index (κ2) is 9.01. The molecular weight excluding hydrogens is 360 g/mol. The number of phenolic OH excluding ortho intramolecular Hbond substituents is 1. The molecule has 0 fully saturated rings. The molecule has 4 nitrogen and oxygen atoms in total. The zero-order valence-corrected chi connectivity index (χ0v) is 15.4. The van der Waals surface area contributed by atoms with Crippen LogP contribution in [0.15, 0.2) is 84.0 Å². The van der Waals surface area contributed by atoms with Gasteiger partial charge in [0.15, 0.2) is 0 Å². The van der Waals surface area contributed by atoms with Crippen LogP contribution in [0.25, 0.3) is 0 Å². The maximum absolute atomic E-state index is 12.2. The molecule has 0 aromatic heterocycles. The number of hydrogen-bond acceptors (Lipinski definition) is 3. The van der Waals surface area contributed by atoms with Crippen LogP contribution in [-0.4, -0.2) is 16.7 Å². The monoisotopic (exact) mass is 378 g/mol. The van der Waals surface area contributed by atoms with E-state index in [0.29, 0.717) is 23.6 Å². The molecule has 136 valence electrons. The number of halogens is 1. The van der Waals surface area contributed by atoms with Crippen molar-refractivity contribution in [2.45, 2.75) is 12.8 Å². The normalized spacial score (nSPS) is 11.2. The smallest absolute Gasteiger partial charge is 0.240 e. The minimum Gasteiger partial charge on any atom is -0.508 e. The summed E-state index contributed by atoms with van der Waals surface area (Å²) in [6, 6.07) is 23.7. The van der Waals surface area contributed by atoms with Crippen molar-refractivity contribution < 1.29 is 9.90 Å². The largest absolute Gasteiger partial charge is 0.508 e. The second-order valence-corrected chi connectivity index (χ2v) is 6.47. The number of rotatable bonds is 6. The van der Waals surface area contributed by atoms with E-state index in [-0.39, 0.29) is 11.7 Å². The lowest BCUT2D eigenvalue weighted by molar-refractivity contribution is -0.121. The summed E-state index contributed by atoms with van der Waals surface area (Å²) >= 11 is 5.97. The Bertz CT molecular complexity index is 873. The van der Waals surface area contributed by atoms with Crippen LogP contribution >= 0.6 is 11.6 Å². The van der Waals surface area contributed by atoms with Crippen LogP contribution in [0.1, 0.15) is 23.1 Å². The van der Waals surface area contributed by atoms with E-state index in [1.54, 1.807) is 36.4 Å². The Morgan fingerprint density at radius 1 is 0.889 bits per heavy atom. The number of nitrogens with zero attached hydrogens (tertiary/aromatic N) is 1. The van der Waals surface area contributed by atoms with Crippen LogP contribution in [0.5, 0.6) is 5.75 Å². The Morgan fingerprint density at radius 2 is 1.48 bits per heavy atom. The molecule has 0 radical (unpaired) electrons. The Kier molecular flexibility index (Phi) is 6.23. The van der Waals surface area contributed by atoms with Gasteiger partial charge in [0.2, 0.25) is 5.91 Å². The first kappa shape index (κ1) is 18.7. The van der Waals surface area contributed by atoms with Crippen LogP contribution < -0.4 is 5.43 Å². The number of benzene rings is 3. The predicted molar refractivity (Wildman–Crippen MR) is 108 cm³/mol. The lowest BCUT2D eigenvalue weighted by atomic mass is 10.0. The van der Waals surface area contributed by atoms with Gasteiger partial charge in [-0.25, -0.2) is 5.43 Å². The highest BCUT2D eigenvalue weighted by atomic mass is 35.5. The van der Waals surface area contributed by atoms with Gasteiger partial charge < -0.3 is 5.11 Å². The van der Waals surface area contributed by atoms with E-state index in [1.807, 2.05) is 42.5 Å². The van der Waals surface area contributed by atoms with Crippen molar-refractivity contribution in [2.24, 2.45) is 5.10 Å². The van der Waals surface area contributed by atoms with Crippen LogP contribution in [0, 0.1) is 0 Å². The molecule has 0 saturated heterocycles. The van der Waals surface area contributed by atoms with E-state index in [2.05, 4.69) is 10.5 Å². The topological polar surface area (TPSA) is 61.7 Å². The molecule has 0 unspecified atom stereocenters. The van der Waals surface area contributed by atoms with Crippen molar-refractivity contribution >= 4 is 23.2 Å². The van der Waals surface area contributed by atoms with E-state index in [4.69, 9.17) is 11.6 Å². The molecule has 0 spiro atoms. The Morgan fingerprint density at radius 3 is 2.11 bits per heavy atom. The van der Waals surface area contributed by atoms with Crippen molar-refractivity contribution in [3.8, 4) is 5.75 Å². The number of aryl methyl sites for hydroxylation is 1. The first-order valence-electron chi connectivity index (χ1n) is 8.57. The van der Waals surface area contributed by atoms with Gasteiger partial charge in [-0.05, 0) is 48.4 Å². The molecule has 0 bridgehead atoms. The quantitative estimate of drug-likeness (QED) is 0.488. The van der Waals surface area contributed by atoms with Crippen molar-refractivity contribution in [1.82, 2.24) is 5.43 Å². The van der Waals surface area contributed by atoms with Crippen LogP contribution in [0.3, 0.4) is 0 Å². The van der Waals surface area contributed by atoms with E-state index < -0.39 is 0 Å². The molecule has 3 aromatic carbocycles. The van der Waals surface area contributed by atoms with E-state index >= 15 is 0 Å². The molecule has 3 aromatic rings. The van der Waals surface area contributed by atoms with Crippen LogP contribution in [0.2, 0.25) is 5.02 Å². The number of phenols is 1. The average Bonchev–Trinajstić information content (AvgIpc) is 2.70. The molecule has 0 aliphatic rings. The maximum atomic E-state index is 12.2. The molecule has 0 aliphatic carbocycles. The number of nitrogens with one attached hydrogen (secondary N) is 1. The SMILES string of the molecule is O=C(CCc1ccccc1)N/N=C(\c1ccc(O)cc1)c1ccc(Cl)cc1. The zero-order valence-electron chi connectivity index (χ0n) is 14.6. The van der Waals surface area contributed by atoms with Gasteiger partial charge in [0.1, 0.15) is 5.75 Å². The third kappa shape index (κ3) is 5.43. The molecule has 0 aliphatic heterocycles. The fourth-order valence-electron chi connectivity index (χ4n) is 2.60. The number of hydrogen-bond donors (Lipinski definition) is 2. The van der Waals surface area contributed by atoms with E-state index in [0.717, 1.165) is 16.7 Å². The third-order valence-corrected chi connectivity index (χ3v) is 4.29. The summed E-state index contributed by atoms with van der Waals surface area (Å²) in [6.07, 6.45) is 0.995. The van der Waals surface area contributed by atoms with Gasteiger partial charge in [0.05, 0.1) is 5.71 Å². The van der Waals surface area contributed by atoms with Gasteiger partial charge in [0.25, 0.3) is 0 Å². The molecule has 1 amide bonds. The fraction of sp³-hybridized carbons (Fsp3) is 0.0909. The number of aromatic hydroxyl groups is 1. The predicted octanol–water partition coefficient (Wildman–Crippen LogP) is 4.55. The molecule has 27 heavy (non-hydrogen) atoms. The summed E-state index contributed by atoms with van der Waals surface area (Å²) < 4.78 is 0. The number of amides is 1. The summed E-state index contributed by atoms with van der Waals surface area (Å²) in [7, 11) is 0. The minimum atomic E-state index is -0.163. The van der Waals surface area contributed by atoms with Crippen molar-refractivity contribution in [1.29, 1.82) is 0 Å². The molecular formula is C22H19ClN2O2. The van der Waals surface area contributed by atoms with Gasteiger partial charge in [-0.3, -0.25) is 4.79 Å².